The minimum atomic E-state index is -0.981. The second kappa shape index (κ2) is 26.7. The molecular weight excluding hydrogens is 1040 g/mol. The second-order valence-corrected chi connectivity index (χ2v) is 23.3. The first-order valence-electron chi connectivity index (χ1n) is 27.0. The number of carbonyl (C=O) groups excluding carboxylic acids is 8. The third kappa shape index (κ3) is 14.8. The van der Waals surface area contributed by atoms with Crippen LogP contribution in [0.15, 0.2) is 72.8 Å². The predicted octanol–water partition coefficient (Wildman–Crippen LogP) is 4.59. The molecule has 0 saturated carbocycles. The van der Waals surface area contributed by atoms with Crippen LogP contribution in [0.3, 0.4) is 0 Å². The quantitative estimate of drug-likeness (QED) is 0.0993. The van der Waals surface area contributed by atoms with Crippen LogP contribution in [0.1, 0.15) is 149 Å². The van der Waals surface area contributed by atoms with Crippen LogP contribution in [0.5, 0.6) is 0 Å². The maximum absolute atomic E-state index is 14.6. The molecule has 7 rings (SSSR count). The summed E-state index contributed by atoms with van der Waals surface area (Å²) < 4.78 is 0. The number of likely N-dealkylation sites (tertiary alicyclic amines) is 2. The summed E-state index contributed by atoms with van der Waals surface area (Å²) in [6, 6.07) is 15.3. The number of rotatable bonds is 16. The number of benzene rings is 3. The van der Waals surface area contributed by atoms with Crippen molar-refractivity contribution in [2.24, 2.45) is 10.8 Å². The standard InChI is InChI=1S/C58H80N10O8.2ClH/c1-33(59-9)49(69)65-47(57(3,4)5)55(75)67-31-39(29-45(67)53(73)63-43-23-15-19-35-17-11-13-21-41(35)43)61-51(71)37-25-27-38(28-26-37)52(72)62-40-30-46(54(74)64-44-24-16-20-36-18-12-14-22-42(36)44)68(32-40)56(76)48(58(6,7)8)66-50(70)34(2)60-10;;/h11-14,17-18,21-22,25-28,33-34,39-40,43-48,59-60H,15-16,19-20,23-24,29-32H2,1-10H3,(H,61,71)(H,62,72)(H,63,73)(H,64,74)(H,65,69)(H,66,70);2*1H/t33-,34-,39-,40?,43+,44+,45-,46-,47-,48-;;/m0../s1. The van der Waals surface area contributed by atoms with Crippen LogP contribution < -0.4 is 42.5 Å². The molecule has 0 bridgehead atoms. The van der Waals surface area contributed by atoms with E-state index in [1.54, 1.807) is 27.9 Å². The fourth-order valence-corrected chi connectivity index (χ4v) is 10.9. The fraction of sp³-hybridized carbons (Fsp3) is 0.552. The van der Waals surface area contributed by atoms with Gasteiger partial charge >= 0.3 is 0 Å². The minimum Gasteiger partial charge on any atom is -0.347 e. The van der Waals surface area contributed by atoms with Gasteiger partial charge in [0, 0.05) is 36.3 Å². The Morgan fingerprint density at radius 3 is 1.19 bits per heavy atom. The molecule has 8 amide bonds. The highest BCUT2D eigenvalue weighted by Gasteiger charge is 2.48. The van der Waals surface area contributed by atoms with E-state index in [1.165, 1.54) is 45.2 Å². The number of halogens is 2. The van der Waals surface area contributed by atoms with Gasteiger partial charge in [0.05, 0.1) is 24.2 Å². The van der Waals surface area contributed by atoms with Crippen molar-refractivity contribution in [2.45, 2.75) is 167 Å². The number of carbonyl (C=O) groups is 8. The Balaban J connectivity index is 0.00000560. The summed E-state index contributed by atoms with van der Waals surface area (Å²) in [6.07, 6.45) is 5.33. The normalized spacial score (nSPS) is 22.3. The molecule has 2 heterocycles. The van der Waals surface area contributed by atoms with Gasteiger partial charge in [-0.05, 0) is 137 Å². The first-order valence-corrected chi connectivity index (χ1v) is 27.0. The lowest BCUT2D eigenvalue weighted by Gasteiger charge is -2.36. The lowest BCUT2D eigenvalue weighted by Crippen LogP contribution is -2.59. The van der Waals surface area contributed by atoms with Crippen LogP contribution >= 0.6 is 24.8 Å². The van der Waals surface area contributed by atoms with Crippen molar-refractivity contribution in [1.29, 1.82) is 0 Å². The highest BCUT2D eigenvalue weighted by molar-refractivity contribution is 5.99. The number of hydrogen-bond donors (Lipinski definition) is 8. The predicted molar refractivity (Wildman–Crippen MR) is 304 cm³/mol. The summed E-state index contributed by atoms with van der Waals surface area (Å²) in [5.74, 6) is -3.23. The van der Waals surface area contributed by atoms with Gasteiger partial charge in [0.2, 0.25) is 35.4 Å². The molecule has 2 fully saturated rings. The third-order valence-electron chi connectivity index (χ3n) is 15.7. The van der Waals surface area contributed by atoms with E-state index in [4.69, 9.17) is 0 Å². The van der Waals surface area contributed by atoms with Gasteiger partial charge in [0.15, 0.2) is 0 Å². The number of nitrogens with zero attached hydrogens (tertiary/aromatic N) is 2. The van der Waals surface area contributed by atoms with Crippen molar-refractivity contribution in [1.82, 2.24) is 52.3 Å². The minimum absolute atomic E-state index is 0. The van der Waals surface area contributed by atoms with Crippen molar-refractivity contribution in [2.75, 3.05) is 27.2 Å². The van der Waals surface area contributed by atoms with Gasteiger partial charge in [-0.15, -0.1) is 24.8 Å². The maximum atomic E-state index is 14.6. The highest BCUT2D eigenvalue weighted by Crippen LogP contribution is 2.34. The van der Waals surface area contributed by atoms with Crippen molar-refractivity contribution < 1.29 is 38.4 Å². The van der Waals surface area contributed by atoms with Gasteiger partial charge in [0.25, 0.3) is 11.8 Å². The molecule has 10 atom stereocenters. The Morgan fingerprint density at radius 2 is 0.859 bits per heavy atom. The van der Waals surface area contributed by atoms with Crippen LogP contribution in [-0.2, 0) is 41.6 Å². The molecule has 3 aromatic carbocycles. The Labute approximate surface area is 472 Å². The number of fused-ring (bicyclic) bond motifs is 2. The molecule has 0 spiro atoms. The van der Waals surface area contributed by atoms with Gasteiger partial charge in [-0.2, -0.15) is 0 Å². The number of nitrogens with one attached hydrogen (secondary N) is 8. The van der Waals surface area contributed by atoms with Crippen LogP contribution in [0.2, 0.25) is 0 Å². The summed E-state index contributed by atoms with van der Waals surface area (Å²) in [6.45, 7) is 14.5. The van der Waals surface area contributed by atoms with E-state index in [0.717, 1.165) is 49.7 Å². The molecule has 20 heteroatoms. The molecule has 426 valence electrons. The number of likely N-dealkylation sites (N-methyl/N-ethyl adjacent to an activating group) is 2. The van der Waals surface area contributed by atoms with Crippen LogP contribution in [-0.4, -0.2) is 133 Å². The van der Waals surface area contributed by atoms with Gasteiger partial charge in [0.1, 0.15) is 24.2 Å². The van der Waals surface area contributed by atoms with Crippen molar-refractivity contribution in [3.8, 4) is 0 Å². The van der Waals surface area contributed by atoms with Gasteiger partial charge in [-0.3, -0.25) is 38.4 Å². The fourth-order valence-electron chi connectivity index (χ4n) is 10.9. The lowest BCUT2D eigenvalue weighted by molar-refractivity contribution is -0.144. The molecule has 2 saturated heterocycles. The lowest BCUT2D eigenvalue weighted by atomic mass is 9.85. The molecule has 18 nitrogen and oxygen atoms in total. The monoisotopic (exact) mass is 1120 g/mol. The van der Waals surface area contributed by atoms with Gasteiger partial charge < -0.3 is 52.3 Å². The average Bonchev–Trinajstić information content (AvgIpc) is 4.03. The zero-order valence-electron chi connectivity index (χ0n) is 46.7. The van der Waals surface area contributed by atoms with E-state index in [1.807, 2.05) is 77.9 Å². The second-order valence-electron chi connectivity index (χ2n) is 23.3. The van der Waals surface area contributed by atoms with Gasteiger partial charge in [-0.1, -0.05) is 90.1 Å². The van der Waals surface area contributed by atoms with Crippen molar-refractivity contribution >= 4 is 72.1 Å². The maximum Gasteiger partial charge on any atom is 0.251 e. The van der Waals surface area contributed by atoms with Crippen LogP contribution in [0.25, 0.3) is 0 Å². The van der Waals surface area contributed by atoms with Crippen molar-refractivity contribution in [3.05, 3.63) is 106 Å². The number of amides is 8. The Hall–Kier alpha value is -6.08. The summed E-state index contributed by atoms with van der Waals surface area (Å²) >= 11 is 0. The molecule has 1 unspecified atom stereocenters. The summed E-state index contributed by atoms with van der Waals surface area (Å²) in [5.41, 5.74) is 3.44. The van der Waals surface area contributed by atoms with E-state index >= 15 is 0 Å². The van der Waals surface area contributed by atoms with E-state index < -0.39 is 82.8 Å². The van der Waals surface area contributed by atoms with E-state index in [9.17, 15) is 38.4 Å². The van der Waals surface area contributed by atoms with Crippen LogP contribution in [0.4, 0.5) is 0 Å². The molecule has 2 aliphatic carbocycles. The van der Waals surface area contributed by atoms with E-state index in [2.05, 4.69) is 54.7 Å². The van der Waals surface area contributed by atoms with E-state index in [0.29, 0.717) is 0 Å². The van der Waals surface area contributed by atoms with E-state index in [-0.39, 0.29) is 97.6 Å². The topological polar surface area (TPSA) is 239 Å². The summed E-state index contributed by atoms with van der Waals surface area (Å²) in [5, 5.41) is 24.1. The molecule has 3 aromatic rings. The van der Waals surface area contributed by atoms with Crippen molar-refractivity contribution in [3.63, 3.8) is 0 Å². The molecular formula is C58H82Cl2N10O8. The Bertz CT molecular complexity index is 2480. The summed E-state index contributed by atoms with van der Waals surface area (Å²) in [7, 11) is 3.31. The molecule has 78 heavy (non-hydrogen) atoms. The number of hydrogen-bond acceptors (Lipinski definition) is 10. The molecule has 4 aliphatic rings. The molecule has 0 radical (unpaired) electrons. The third-order valence-corrected chi connectivity index (χ3v) is 15.7. The first-order chi connectivity index (χ1) is 36.0. The zero-order chi connectivity index (χ0) is 55.2. The molecule has 8 N–H and O–H groups in total. The molecule has 0 aromatic heterocycles. The largest absolute Gasteiger partial charge is 0.347 e. The smallest absolute Gasteiger partial charge is 0.251 e. The average molecular weight is 1120 g/mol. The first kappa shape index (κ1) is 62.8. The summed E-state index contributed by atoms with van der Waals surface area (Å²) in [4.78, 5) is 115. The van der Waals surface area contributed by atoms with Crippen LogP contribution in [0, 0.1) is 10.8 Å². The number of aryl methyl sites for hydroxylation is 2. The SMILES string of the molecule is CN[C@@H](C)C(=O)N[C@@H](C(=O)N1CC(NC(=O)c2ccc(C(=O)N[C@H]3C[C@@H](C(=O)N[C@@H]4CCCc5ccccc54)N(C(=O)[C@H](NC(=O)[C@H](C)NC)C(C)(C)C)C3)cc2)C[C@H]1C(=O)N[C@@H]1CCCc2ccccc21)C(C)(C)C.Cl.Cl. The zero-order valence-corrected chi connectivity index (χ0v) is 48.4. The highest BCUT2D eigenvalue weighted by atomic mass is 35.5. The Kier molecular flexibility index (Phi) is 21.5. The Morgan fingerprint density at radius 1 is 0.513 bits per heavy atom. The van der Waals surface area contributed by atoms with Gasteiger partial charge in [-0.25, -0.2) is 0 Å². The molecule has 2 aliphatic heterocycles.